The van der Waals surface area contributed by atoms with E-state index < -0.39 is 0 Å². The van der Waals surface area contributed by atoms with Gasteiger partial charge in [-0.05, 0) is 79.6 Å². The second kappa shape index (κ2) is 13.2. The summed E-state index contributed by atoms with van der Waals surface area (Å²) in [5, 5.41) is 7.44. The maximum atomic E-state index is 13.7. The Morgan fingerprint density at radius 1 is 0.956 bits per heavy atom. The van der Waals surface area contributed by atoms with Gasteiger partial charge in [-0.3, -0.25) is 4.79 Å². The van der Waals surface area contributed by atoms with Crippen LogP contribution in [0.2, 0.25) is 15.1 Å². The van der Waals surface area contributed by atoms with Crippen molar-refractivity contribution < 1.29 is 13.9 Å². The van der Waals surface area contributed by atoms with E-state index in [1.807, 2.05) is 25.1 Å². The van der Waals surface area contributed by atoms with E-state index in [1.54, 1.807) is 73.0 Å². The predicted molar refractivity (Wildman–Crippen MR) is 182 cm³/mol. The number of ether oxygens (including phenoxy) is 2. The first-order chi connectivity index (χ1) is 21.8. The molecule has 4 aromatic carbocycles. The van der Waals surface area contributed by atoms with E-state index in [-0.39, 0.29) is 18.0 Å². The molecule has 45 heavy (non-hydrogen) atoms. The maximum absolute atomic E-state index is 13.7. The predicted octanol–water partition coefficient (Wildman–Crippen LogP) is 9.36. The third kappa shape index (κ3) is 6.47. The summed E-state index contributed by atoms with van der Waals surface area (Å²) in [6.07, 6.45) is 3.85. The minimum absolute atomic E-state index is 0.206. The van der Waals surface area contributed by atoms with E-state index >= 15 is 0 Å². The van der Waals surface area contributed by atoms with Crippen LogP contribution in [0.4, 0.5) is 0 Å². The van der Waals surface area contributed by atoms with Crippen molar-refractivity contribution in [1.29, 1.82) is 0 Å². The number of para-hydroxylation sites is 1. The summed E-state index contributed by atoms with van der Waals surface area (Å²) in [5.41, 5.74) is 3.06. The summed E-state index contributed by atoms with van der Waals surface area (Å²) in [6, 6.07) is 23.2. The Bertz CT molecular complexity index is 2150. The van der Waals surface area contributed by atoms with Crippen LogP contribution >= 0.6 is 34.8 Å². The highest BCUT2D eigenvalue weighted by molar-refractivity contribution is 6.35. The fourth-order valence-electron chi connectivity index (χ4n) is 4.92. The number of benzene rings is 4. The zero-order valence-corrected chi connectivity index (χ0v) is 26.4. The average molecular weight is 659 g/mol. The minimum Gasteiger partial charge on any atom is -0.490 e. The molecule has 7 nitrogen and oxygen atoms in total. The van der Waals surface area contributed by atoms with Gasteiger partial charge in [0, 0.05) is 31.6 Å². The van der Waals surface area contributed by atoms with Gasteiger partial charge in [0.15, 0.2) is 17.3 Å². The lowest BCUT2D eigenvalue weighted by Crippen LogP contribution is -2.20. The van der Waals surface area contributed by atoms with Crippen molar-refractivity contribution in [3.63, 3.8) is 0 Å². The van der Waals surface area contributed by atoms with Crippen molar-refractivity contribution in [2.45, 2.75) is 20.0 Å². The van der Waals surface area contributed by atoms with Crippen molar-refractivity contribution in [1.82, 2.24) is 9.66 Å². The van der Waals surface area contributed by atoms with E-state index in [2.05, 4.69) is 11.7 Å². The van der Waals surface area contributed by atoms with Gasteiger partial charge in [0.2, 0.25) is 5.82 Å². The molecule has 0 aliphatic heterocycles. The number of fused-ring (bicyclic) bond motifs is 2. The molecule has 0 radical (unpaired) electrons. The third-order valence-corrected chi connectivity index (χ3v) is 7.80. The van der Waals surface area contributed by atoms with Crippen molar-refractivity contribution in [2.75, 3.05) is 6.61 Å². The Hall–Kier alpha value is -4.56. The van der Waals surface area contributed by atoms with Crippen molar-refractivity contribution >= 4 is 62.9 Å². The normalized spacial score (nSPS) is 11.5. The zero-order valence-electron chi connectivity index (χ0n) is 24.1. The number of hydrogen-bond donors (Lipinski definition) is 0. The lowest BCUT2D eigenvalue weighted by atomic mass is 10.1. The molecular formula is C35H26Cl3N3O4. The number of allylic oxidation sites excluding steroid dienone is 1. The summed E-state index contributed by atoms with van der Waals surface area (Å²) in [5.74, 6) is 1.70. The van der Waals surface area contributed by atoms with Gasteiger partial charge in [-0.25, -0.2) is 4.98 Å². The standard InChI is InChI=1S/C35H26Cl3N3O4/c1-3-7-22-14-21(15-31(43-4-2)33(22)44-20-23-10-11-26(37)18-28(23)38)19-39-41-34(40-29-9-6-5-8-27(29)35(41)42)32-17-24-16-25(36)12-13-30(24)45-32/h3,5-6,8-19H,1,4,7,20H2,2H3. The van der Waals surface area contributed by atoms with Crippen molar-refractivity contribution in [3.05, 3.63) is 134 Å². The molecule has 0 fully saturated rings. The zero-order chi connectivity index (χ0) is 31.5. The van der Waals surface area contributed by atoms with Crippen LogP contribution in [0.1, 0.15) is 23.6 Å². The van der Waals surface area contributed by atoms with Gasteiger partial charge in [0.25, 0.3) is 5.56 Å². The molecule has 0 spiro atoms. The summed E-state index contributed by atoms with van der Waals surface area (Å²) < 4.78 is 19.6. The first-order valence-corrected chi connectivity index (χ1v) is 15.2. The molecule has 0 aliphatic rings. The average Bonchev–Trinajstić information content (AvgIpc) is 3.44. The number of halogens is 3. The molecule has 0 saturated carbocycles. The van der Waals surface area contributed by atoms with Crippen LogP contribution in [0.3, 0.4) is 0 Å². The van der Waals surface area contributed by atoms with Gasteiger partial charge >= 0.3 is 0 Å². The molecule has 0 N–H and O–H groups in total. The Balaban J connectivity index is 1.43. The molecule has 0 saturated heterocycles. The van der Waals surface area contributed by atoms with Crippen LogP contribution in [-0.4, -0.2) is 22.5 Å². The topological polar surface area (TPSA) is 78.9 Å². The Kier molecular flexibility index (Phi) is 8.94. The molecule has 226 valence electrons. The van der Waals surface area contributed by atoms with Gasteiger partial charge in [0.05, 0.1) is 23.7 Å². The number of aromatic nitrogens is 2. The molecule has 0 unspecified atom stereocenters. The number of rotatable bonds is 10. The fourth-order valence-corrected chi connectivity index (χ4v) is 5.56. The molecule has 6 aromatic rings. The summed E-state index contributed by atoms with van der Waals surface area (Å²) in [7, 11) is 0. The number of furan rings is 1. The highest BCUT2D eigenvalue weighted by atomic mass is 35.5. The smallest absolute Gasteiger partial charge is 0.282 e. The highest BCUT2D eigenvalue weighted by Crippen LogP contribution is 2.35. The molecule has 6 rings (SSSR count). The molecule has 2 aromatic heterocycles. The molecule has 0 aliphatic carbocycles. The van der Waals surface area contributed by atoms with E-state index in [0.717, 1.165) is 16.5 Å². The Morgan fingerprint density at radius 2 is 1.76 bits per heavy atom. The summed E-state index contributed by atoms with van der Waals surface area (Å²) >= 11 is 18.6. The Morgan fingerprint density at radius 3 is 2.56 bits per heavy atom. The molecule has 0 atom stereocenters. The van der Waals surface area contributed by atoms with Crippen LogP contribution < -0.4 is 15.0 Å². The van der Waals surface area contributed by atoms with E-state index in [0.29, 0.717) is 67.4 Å². The van der Waals surface area contributed by atoms with Gasteiger partial charge in [-0.2, -0.15) is 9.78 Å². The molecular weight excluding hydrogens is 633 g/mol. The summed E-state index contributed by atoms with van der Waals surface area (Å²) in [4.78, 5) is 18.5. The van der Waals surface area contributed by atoms with E-state index in [9.17, 15) is 4.79 Å². The minimum atomic E-state index is -0.346. The van der Waals surface area contributed by atoms with Gasteiger partial charge in [0.1, 0.15) is 12.2 Å². The quantitative estimate of drug-likeness (QED) is 0.108. The third-order valence-electron chi connectivity index (χ3n) is 6.98. The number of nitrogens with zero attached hydrogens (tertiary/aromatic N) is 3. The summed E-state index contributed by atoms with van der Waals surface area (Å²) in [6.45, 7) is 6.41. The van der Waals surface area contributed by atoms with Gasteiger partial charge in [-0.1, -0.05) is 59.1 Å². The SMILES string of the molecule is C=CCc1cc(C=Nn2c(-c3cc4cc(Cl)ccc4o3)nc3ccccc3c2=O)cc(OCC)c1OCc1ccc(Cl)cc1Cl. The monoisotopic (exact) mass is 657 g/mol. The van der Waals surface area contributed by atoms with Crippen LogP contribution in [0.25, 0.3) is 33.5 Å². The van der Waals surface area contributed by atoms with Crippen LogP contribution in [-0.2, 0) is 13.0 Å². The second-order valence-corrected chi connectivity index (χ2v) is 11.3. The van der Waals surface area contributed by atoms with Gasteiger partial charge in [-0.15, -0.1) is 6.58 Å². The molecule has 2 heterocycles. The van der Waals surface area contributed by atoms with Crippen LogP contribution in [0.5, 0.6) is 11.5 Å². The van der Waals surface area contributed by atoms with Crippen molar-refractivity contribution in [2.24, 2.45) is 5.10 Å². The lowest BCUT2D eigenvalue weighted by Gasteiger charge is -2.17. The van der Waals surface area contributed by atoms with Gasteiger partial charge < -0.3 is 13.9 Å². The first-order valence-electron chi connectivity index (χ1n) is 14.1. The molecule has 0 bridgehead atoms. The number of hydrogen-bond acceptors (Lipinski definition) is 6. The van der Waals surface area contributed by atoms with Crippen molar-refractivity contribution in [3.8, 4) is 23.1 Å². The first kappa shape index (κ1) is 30.5. The second-order valence-electron chi connectivity index (χ2n) is 10.1. The van der Waals surface area contributed by atoms with Crippen LogP contribution in [0.15, 0.2) is 106 Å². The van der Waals surface area contributed by atoms with Crippen LogP contribution in [0, 0.1) is 0 Å². The van der Waals surface area contributed by atoms with E-state index in [1.165, 1.54) is 4.68 Å². The lowest BCUT2D eigenvalue weighted by molar-refractivity contribution is 0.267. The fraction of sp³-hybridized carbons (Fsp3) is 0.114. The highest BCUT2D eigenvalue weighted by Gasteiger charge is 2.18. The Labute approximate surface area is 273 Å². The molecule has 10 heteroatoms. The largest absolute Gasteiger partial charge is 0.490 e. The maximum Gasteiger partial charge on any atom is 0.282 e. The van der Waals surface area contributed by atoms with E-state index in [4.69, 9.17) is 53.7 Å². The molecule has 0 amide bonds.